The molecule has 1 N–H and O–H groups in total. The molecule has 0 saturated heterocycles. The van der Waals surface area contributed by atoms with E-state index in [2.05, 4.69) is 10.4 Å². The summed E-state index contributed by atoms with van der Waals surface area (Å²) in [5.41, 5.74) is 1.06. The average molecular weight is 410 g/mol. The maximum Gasteiger partial charge on any atom is 0.275 e. The van der Waals surface area contributed by atoms with Crippen molar-refractivity contribution in [3.8, 4) is 0 Å². The van der Waals surface area contributed by atoms with Crippen LogP contribution >= 0.6 is 0 Å². The first-order valence-electron chi connectivity index (χ1n) is 9.64. The highest BCUT2D eigenvalue weighted by atomic mass is 19.1. The van der Waals surface area contributed by atoms with Gasteiger partial charge in [-0.3, -0.25) is 14.4 Å². The first kappa shape index (κ1) is 21.2. The minimum Gasteiger partial charge on any atom is -0.350 e. The largest absolute Gasteiger partial charge is 0.350 e. The number of nitrogens with one attached hydrogen (secondary N) is 1. The smallest absolute Gasteiger partial charge is 0.275 e. The fraction of sp³-hybridized carbons (Fsp3) is 0.273. The summed E-state index contributed by atoms with van der Waals surface area (Å²) >= 11 is 0. The Bertz CT molecular complexity index is 1130. The van der Waals surface area contributed by atoms with E-state index >= 15 is 0 Å². The molecule has 1 aromatic heterocycles. The predicted molar refractivity (Wildman–Crippen MR) is 111 cm³/mol. The number of aryl methyl sites for hydroxylation is 1. The van der Waals surface area contributed by atoms with Crippen LogP contribution in [-0.2, 0) is 22.7 Å². The Morgan fingerprint density at radius 3 is 2.43 bits per heavy atom. The first-order valence-corrected chi connectivity index (χ1v) is 9.64. The number of amides is 2. The van der Waals surface area contributed by atoms with Gasteiger partial charge in [0.2, 0.25) is 11.8 Å². The molecule has 2 aromatic carbocycles. The quantitative estimate of drug-likeness (QED) is 0.646. The molecular formula is C22H23FN4O3. The molecule has 3 rings (SSSR count). The third-order valence-electron chi connectivity index (χ3n) is 4.81. The number of fused-ring (bicyclic) bond motifs is 1. The maximum atomic E-state index is 12.9. The lowest BCUT2D eigenvalue weighted by Gasteiger charge is -2.21. The van der Waals surface area contributed by atoms with Gasteiger partial charge in [-0.25, -0.2) is 9.07 Å². The normalized spacial score (nSPS) is 10.8. The molecule has 0 atom stereocenters. The Morgan fingerprint density at radius 1 is 1.10 bits per heavy atom. The van der Waals surface area contributed by atoms with Crippen LogP contribution in [0.25, 0.3) is 10.8 Å². The van der Waals surface area contributed by atoms with Gasteiger partial charge in [-0.2, -0.15) is 5.10 Å². The number of carbonyl (C=O) groups is 2. The van der Waals surface area contributed by atoms with E-state index in [1.807, 2.05) is 12.1 Å². The Kier molecular flexibility index (Phi) is 6.56. The lowest BCUT2D eigenvalue weighted by molar-refractivity contribution is -0.136. The molecule has 0 spiro atoms. The van der Waals surface area contributed by atoms with Crippen LogP contribution in [0.1, 0.15) is 18.2 Å². The van der Waals surface area contributed by atoms with Crippen molar-refractivity contribution in [2.24, 2.45) is 0 Å². The minimum absolute atomic E-state index is 0.141. The summed E-state index contributed by atoms with van der Waals surface area (Å²) in [6.45, 7) is 3.69. The lowest BCUT2D eigenvalue weighted by Crippen LogP contribution is -2.43. The standard InChI is InChI=1S/C22H23FN4O3/c1-3-26(13-20(28)24-12-16-8-10-17(23)11-9-16)21(29)14-27-22(30)19-7-5-4-6-18(19)15(2)25-27/h4-11H,3,12-14H2,1-2H3,(H,24,28). The van der Waals surface area contributed by atoms with Crippen LogP contribution in [0.3, 0.4) is 0 Å². The summed E-state index contributed by atoms with van der Waals surface area (Å²) < 4.78 is 14.1. The van der Waals surface area contributed by atoms with Gasteiger partial charge in [0.25, 0.3) is 5.56 Å². The molecule has 7 nitrogen and oxygen atoms in total. The Labute approximate surface area is 173 Å². The van der Waals surface area contributed by atoms with Gasteiger partial charge in [-0.05, 0) is 37.6 Å². The summed E-state index contributed by atoms with van der Waals surface area (Å²) in [4.78, 5) is 39.0. The molecule has 156 valence electrons. The number of aromatic nitrogens is 2. The van der Waals surface area contributed by atoms with Gasteiger partial charge in [0, 0.05) is 18.5 Å². The van der Waals surface area contributed by atoms with Gasteiger partial charge in [0.1, 0.15) is 12.4 Å². The number of halogens is 1. The van der Waals surface area contributed by atoms with Crippen molar-refractivity contribution in [1.82, 2.24) is 20.0 Å². The zero-order valence-electron chi connectivity index (χ0n) is 16.9. The van der Waals surface area contributed by atoms with Gasteiger partial charge in [0.05, 0.1) is 17.6 Å². The van der Waals surface area contributed by atoms with E-state index < -0.39 is 0 Å². The second-order valence-electron chi connectivity index (χ2n) is 6.90. The summed E-state index contributed by atoms with van der Waals surface area (Å²) in [5, 5.41) is 8.20. The highest BCUT2D eigenvalue weighted by Crippen LogP contribution is 2.11. The summed E-state index contributed by atoms with van der Waals surface area (Å²) in [7, 11) is 0. The number of hydrogen-bond donors (Lipinski definition) is 1. The number of likely N-dealkylation sites (N-methyl/N-ethyl adjacent to an activating group) is 1. The Hall–Kier alpha value is -3.55. The van der Waals surface area contributed by atoms with Crippen molar-refractivity contribution in [3.63, 3.8) is 0 Å². The van der Waals surface area contributed by atoms with Gasteiger partial charge in [-0.15, -0.1) is 0 Å². The zero-order chi connectivity index (χ0) is 21.7. The van der Waals surface area contributed by atoms with Crippen molar-refractivity contribution in [2.45, 2.75) is 26.9 Å². The second kappa shape index (κ2) is 9.30. The van der Waals surface area contributed by atoms with Gasteiger partial charge >= 0.3 is 0 Å². The van der Waals surface area contributed by atoms with Crippen molar-refractivity contribution in [2.75, 3.05) is 13.1 Å². The van der Waals surface area contributed by atoms with E-state index in [0.29, 0.717) is 17.6 Å². The van der Waals surface area contributed by atoms with E-state index in [-0.39, 0.29) is 42.8 Å². The number of nitrogens with zero attached hydrogens (tertiary/aromatic N) is 3. The molecule has 1 heterocycles. The van der Waals surface area contributed by atoms with Crippen molar-refractivity contribution in [1.29, 1.82) is 0 Å². The van der Waals surface area contributed by atoms with E-state index in [9.17, 15) is 18.8 Å². The zero-order valence-corrected chi connectivity index (χ0v) is 16.9. The van der Waals surface area contributed by atoms with Crippen LogP contribution in [-0.4, -0.2) is 39.6 Å². The average Bonchev–Trinajstić information content (AvgIpc) is 2.75. The summed E-state index contributed by atoms with van der Waals surface area (Å²) in [5.74, 6) is -1.07. The third kappa shape index (κ3) is 4.89. The topological polar surface area (TPSA) is 84.3 Å². The van der Waals surface area contributed by atoms with Gasteiger partial charge < -0.3 is 10.2 Å². The monoisotopic (exact) mass is 410 g/mol. The fourth-order valence-corrected chi connectivity index (χ4v) is 3.15. The fourth-order valence-electron chi connectivity index (χ4n) is 3.15. The molecule has 0 bridgehead atoms. The highest BCUT2D eigenvalue weighted by molar-refractivity contribution is 5.85. The van der Waals surface area contributed by atoms with Crippen LogP contribution in [0.2, 0.25) is 0 Å². The van der Waals surface area contributed by atoms with Gasteiger partial charge in [-0.1, -0.05) is 30.3 Å². The van der Waals surface area contributed by atoms with E-state index in [1.54, 1.807) is 38.1 Å². The van der Waals surface area contributed by atoms with Crippen LogP contribution in [0, 0.1) is 12.7 Å². The SMILES string of the molecule is CCN(CC(=O)NCc1ccc(F)cc1)C(=O)Cn1nc(C)c2ccccc2c1=O. The number of benzene rings is 2. The molecule has 0 radical (unpaired) electrons. The molecule has 0 saturated carbocycles. The molecule has 8 heteroatoms. The predicted octanol–water partition coefficient (Wildman–Crippen LogP) is 2.01. The van der Waals surface area contributed by atoms with Crippen molar-refractivity contribution in [3.05, 3.63) is 76.0 Å². The molecule has 3 aromatic rings. The molecule has 0 unspecified atom stereocenters. The number of carbonyl (C=O) groups excluding carboxylic acids is 2. The van der Waals surface area contributed by atoms with E-state index in [1.165, 1.54) is 17.0 Å². The Morgan fingerprint density at radius 2 is 1.77 bits per heavy atom. The molecule has 0 fully saturated rings. The van der Waals surface area contributed by atoms with E-state index in [4.69, 9.17) is 0 Å². The van der Waals surface area contributed by atoms with Crippen molar-refractivity contribution < 1.29 is 14.0 Å². The second-order valence-corrected chi connectivity index (χ2v) is 6.90. The minimum atomic E-state index is -0.376. The van der Waals surface area contributed by atoms with Crippen LogP contribution in [0.5, 0.6) is 0 Å². The Balaban J connectivity index is 1.65. The number of rotatable bonds is 7. The number of hydrogen-bond acceptors (Lipinski definition) is 4. The van der Waals surface area contributed by atoms with E-state index in [0.717, 1.165) is 15.6 Å². The first-order chi connectivity index (χ1) is 14.4. The van der Waals surface area contributed by atoms with Gasteiger partial charge in [0.15, 0.2) is 0 Å². The lowest BCUT2D eigenvalue weighted by atomic mass is 10.1. The molecule has 0 aliphatic carbocycles. The van der Waals surface area contributed by atoms with Crippen molar-refractivity contribution >= 4 is 22.6 Å². The molecule has 30 heavy (non-hydrogen) atoms. The van der Waals surface area contributed by atoms with Crippen LogP contribution in [0.4, 0.5) is 4.39 Å². The molecule has 0 aliphatic heterocycles. The maximum absolute atomic E-state index is 12.9. The summed E-state index contributed by atoms with van der Waals surface area (Å²) in [6, 6.07) is 12.9. The van der Waals surface area contributed by atoms with Crippen LogP contribution in [0.15, 0.2) is 53.3 Å². The van der Waals surface area contributed by atoms with Crippen LogP contribution < -0.4 is 10.9 Å². The third-order valence-corrected chi connectivity index (χ3v) is 4.81. The molecule has 2 amide bonds. The molecule has 0 aliphatic rings. The summed E-state index contributed by atoms with van der Waals surface area (Å²) in [6.07, 6.45) is 0. The highest BCUT2D eigenvalue weighted by Gasteiger charge is 2.18. The molecular weight excluding hydrogens is 387 g/mol.